The number of ether oxygens (including phenoxy) is 2. The molecule has 0 saturated heterocycles. The van der Waals surface area contributed by atoms with Gasteiger partial charge in [0.1, 0.15) is 34.8 Å². The van der Waals surface area contributed by atoms with Gasteiger partial charge in [-0.3, -0.25) is 4.79 Å². The molecule has 0 aliphatic rings. The Balaban J connectivity index is 1.75. The molecule has 0 radical (unpaired) electrons. The van der Waals surface area contributed by atoms with Crippen molar-refractivity contribution in [3.05, 3.63) is 94.6 Å². The zero-order chi connectivity index (χ0) is 18.6. The Bertz CT molecular complexity index is 1130. The van der Waals surface area contributed by atoms with Gasteiger partial charge >= 0.3 is 0 Å². The third-order valence-corrected chi connectivity index (χ3v) is 4.33. The van der Waals surface area contributed by atoms with Gasteiger partial charge in [0.25, 0.3) is 0 Å². The van der Waals surface area contributed by atoms with Crippen molar-refractivity contribution >= 4 is 11.0 Å². The van der Waals surface area contributed by atoms with E-state index in [-0.39, 0.29) is 5.43 Å². The van der Waals surface area contributed by atoms with Gasteiger partial charge in [-0.25, -0.2) is 0 Å². The molecule has 0 aliphatic carbocycles. The van der Waals surface area contributed by atoms with Crippen molar-refractivity contribution in [1.82, 2.24) is 0 Å². The molecule has 3 aromatic carbocycles. The van der Waals surface area contributed by atoms with Gasteiger partial charge in [-0.05, 0) is 29.8 Å². The van der Waals surface area contributed by atoms with Gasteiger partial charge in [-0.15, -0.1) is 0 Å². The van der Waals surface area contributed by atoms with Crippen LogP contribution in [0.15, 0.2) is 88.1 Å². The summed E-state index contributed by atoms with van der Waals surface area (Å²) in [5.74, 6) is 1.62. The maximum atomic E-state index is 12.7. The van der Waals surface area contributed by atoms with E-state index in [2.05, 4.69) is 0 Å². The molecule has 4 aromatic rings. The van der Waals surface area contributed by atoms with Crippen molar-refractivity contribution in [2.24, 2.45) is 0 Å². The summed E-state index contributed by atoms with van der Waals surface area (Å²) in [5.41, 5.74) is 2.13. The summed E-state index contributed by atoms with van der Waals surface area (Å²) in [5, 5.41) is 0.437. The number of rotatable bonds is 5. The molecule has 0 N–H and O–H groups in total. The predicted molar refractivity (Wildman–Crippen MR) is 105 cm³/mol. The van der Waals surface area contributed by atoms with E-state index < -0.39 is 0 Å². The first kappa shape index (κ1) is 16.9. The average Bonchev–Trinajstić information content (AvgIpc) is 2.72. The summed E-state index contributed by atoms with van der Waals surface area (Å²) >= 11 is 0. The molecular formula is C23H18O4. The standard InChI is InChI=1S/C23H18O4/c1-25-20-12-7-13-21-23(20)18(24)14-22(27-21)17-10-5-6-11-19(17)26-15-16-8-3-2-4-9-16/h2-14H,15H2,1H3. The molecule has 0 unspecified atom stereocenters. The van der Waals surface area contributed by atoms with E-state index in [4.69, 9.17) is 13.9 Å². The van der Waals surface area contributed by atoms with Crippen molar-refractivity contribution in [2.45, 2.75) is 6.61 Å². The maximum absolute atomic E-state index is 12.7. The Morgan fingerprint density at radius 2 is 1.59 bits per heavy atom. The van der Waals surface area contributed by atoms with Crippen molar-refractivity contribution < 1.29 is 13.9 Å². The molecule has 27 heavy (non-hydrogen) atoms. The van der Waals surface area contributed by atoms with Crippen molar-refractivity contribution in [2.75, 3.05) is 7.11 Å². The van der Waals surface area contributed by atoms with Crippen LogP contribution in [0.2, 0.25) is 0 Å². The highest BCUT2D eigenvalue weighted by molar-refractivity contribution is 5.85. The topological polar surface area (TPSA) is 48.7 Å². The van der Waals surface area contributed by atoms with Crippen LogP contribution in [0, 0.1) is 0 Å². The summed E-state index contributed by atoms with van der Waals surface area (Å²) in [6.07, 6.45) is 0. The summed E-state index contributed by atoms with van der Waals surface area (Å²) in [6, 6.07) is 24.2. The molecule has 0 spiro atoms. The van der Waals surface area contributed by atoms with Crippen LogP contribution in [0.4, 0.5) is 0 Å². The van der Waals surface area contributed by atoms with Crippen molar-refractivity contribution in [3.63, 3.8) is 0 Å². The quantitative estimate of drug-likeness (QED) is 0.501. The second-order valence-corrected chi connectivity index (χ2v) is 6.08. The van der Waals surface area contributed by atoms with Gasteiger partial charge in [0, 0.05) is 6.07 Å². The van der Waals surface area contributed by atoms with Crippen LogP contribution in [0.25, 0.3) is 22.3 Å². The summed E-state index contributed by atoms with van der Waals surface area (Å²) in [6.45, 7) is 0.434. The van der Waals surface area contributed by atoms with Crippen LogP contribution in [-0.2, 0) is 6.61 Å². The third-order valence-electron chi connectivity index (χ3n) is 4.33. The molecular weight excluding hydrogens is 340 g/mol. The molecule has 4 rings (SSSR count). The molecule has 134 valence electrons. The van der Waals surface area contributed by atoms with Crippen LogP contribution in [-0.4, -0.2) is 7.11 Å². The average molecular weight is 358 g/mol. The molecule has 0 atom stereocenters. The molecule has 4 heteroatoms. The van der Waals surface area contributed by atoms with E-state index in [1.807, 2.05) is 54.6 Å². The number of methoxy groups -OCH3 is 1. The maximum Gasteiger partial charge on any atom is 0.197 e. The number of para-hydroxylation sites is 1. The lowest BCUT2D eigenvalue weighted by atomic mass is 10.1. The van der Waals surface area contributed by atoms with Crippen LogP contribution < -0.4 is 14.9 Å². The Kier molecular flexibility index (Phi) is 4.62. The van der Waals surface area contributed by atoms with E-state index in [9.17, 15) is 4.79 Å². The van der Waals surface area contributed by atoms with Crippen molar-refractivity contribution in [1.29, 1.82) is 0 Å². The monoisotopic (exact) mass is 358 g/mol. The van der Waals surface area contributed by atoms with Crippen LogP contribution in [0.1, 0.15) is 5.56 Å². The summed E-state index contributed by atoms with van der Waals surface area (Å²) < 4.78 is 17.3. The second kappa shape index (κ2) is 7.38. The number of fused-ring (bicyclic) bond motifs is 1. The predicted octanol–water partition coefficient (Wildman–Crippen LogP) is 5.05. The highest BCUT2D eigenvalue weighted by Crippen LogP contribution is 2.32. The Labute approximate surface area is 156 Å². The fourth-order valence-electron chi connectivity index (χ4n) is 3.01. The molecule has 0 saturated carbocycles. The Morgan fingerprint density at radius 1 is 0.852 bits per heavy atom. The first-order valence-corrected chi connectivity index (χ1v) is 8.63. The van der Waals surface area contributed by atoms with E-state index >= 15 is 0 Å². The van der Waals surface area contributed by atoms with E-state index in [1.54, 1.807) is 18.2 Å². The summed E-state index contributed by atoms with van der Waals surface area (Å²) in [7, 11) is 1.54. The minimum absolute atomic E-state index is 0.151. The number of hydrogen-bond acceptors (Lipinski definition) is 4. The van der Waals surface area contributed by atoms with Crippen molar-refractivity contribution in [3.8, 4) is 22.8 Å². The SMILES string of the molecule is COc1cccc2oc(-c3ccccc3OCc3ccccc3)cc(=O)c12. The minimum Gasteiger partial charge on any atom is -0.496 e. The second-order valence-electron chi connectivity index (χ2n) is 6.08. The molecule has 1 heterocycles. The summed E-state index contributed by atoms with van der Waals surface area (Å²) in [4.78, 5) is 12.7. The number of hydrogen-bond donors (Lipinski definition) is 0. The van der Waals surface area contributed by atoms with E-state index in [0.29, 0.717) is 34.8 Å². The van der Waals surface area contributed by atoms with Gasteiger partial charge in [0.05, 0.1) is 12.7 Å². The van der Waals surface area contributed by atoms with Crippen LogP contribution in [0.3, 0.4) is 0 Å². The van der Waals surface area contributed by atoms with Gasteiger partial charge in [0.15, 0.2) is 5.43 Å². The first-order valence-electron chi connectivity index (χ1n) is 8.63. The minimum atomic E-state index is -0.151. The molecule has 0 aliphatic heterocycles. The van der Waals surface area contributed by atoms with E-state index in [1.165, 1.54) is 13.2 Å². The van der Waals surface area contributed by atoms with Gasteiger partial charge in [0.2, 0.25) is 0 Å². The zero-order valence-electron chi connectivity index (χ0n) is 14.8. The third kappa shape index (κ3) is 3.42. The van der Waals surface area contributed by atoms with Gasteiger partial charge in [-0.2, -0.15) is 0 Å². The number of benzene rings is 3. The smallest absolute Gasteiger partial charge is 0.197 e. The normalized spacial score (nSPS) is 10.7. The van der Waals surface area contributed by atoms with Crippen LogP contribution >= 0.6 is 0 Å². The lowest BCUT2D eigenvalue weighted by Crippen LogP contribution is -2.03. The zero-order valence-corrected chi connectivity index (χ0v) is 14.8. The molecule has 1 aromatic heterocycles. The van der Waals surface area contributed by atoms with Crippen LogP contribution in [0.5, 0.6) is 11.5 Å². The molecule has 0 fully saturated rings. The fourth-order valence-corrected chi connectivity index (χ4v) is 3.01. The highest BCUT2D eigenvalue weighted by atomic mass is 16.5. The van der Waals surface area contributed by atoms with Gasteiger partial charge in [-0.1, -0.05) is 48.5 Å². The molecule has 0 bridgehead atoms. The largest absolute Gasteiger partial charge is 0.496 e. The first-order chi connectivity index (χ1) is 13.3. The molecule has 0 amide bonds. The Hall–Kier alpha value is -3.53. The Morgan fingerprint density at radius 3 is 2.41 bits per heavy atom. The molecule has 4 nitrogen and oxygen atoms in total. The highest BCUT2D eigenvalue weighted by Gasteiger charge is 2.14. The fraction of sp³-hybridized carbons (Fsp3) is 0.0870. The lowest BCUT2D eigenvalue weighted by molar-refractivity contribution is 0.307. The lowest BCUT2D eigenvalue weighted by Gasteiger charge is -2.12. The van der Waals surface area contributed by atoms with Gasteiger partial charge < -0.3 is 13.9 Å². The van der Waals surface area contributed by atoms with E-state index in [0.717, 1.165) is 11.1 Å².